The van der Waals surface area contributed by atoms with Crippen LogP contribution in [-0.2, 0) is 18.8 Å². The molecule has 7 nitrogen and oxygen atoms in total. The summed E-state index contributed by atoms with van der Waals surface area (Å²) in [6.07, 6.45) is 3.19. The Kier molecular flexibility index (Phi) is 10.4. The second kappa shape index (κ2) is 13.5. The monoisotopic (exact) mass is 496 g/mol. The topological polar surface area (TPSA) is 80.3 Å². The minimum Gasteiger partial charge on any atom is -0.494 e. The van der Waals surface area contributed by atoms with Crippen LogP contribution in [0.1, 0.15) is 63.7 Å². The van der Waals surface area contributed by atoms with Crippen LogP contribution in [-0.4, -0.2) is 45.5 Å². The van der Waals surface area contributed by atoms with Gasteiger partial charge >= 0.3 is 19.1 Å². The molecule has 0 saturated carbocycles. The van der Waals surface area contributed by atoms with Crippen LogP contribution >= 0.6 is 0 Å². The molecule has 1 atom stereocenters. The molecule has 2 aromatic carbocycles. The summed E-state index contributed by atoms with van der Waals surface area (Å²) < 4.78 is 27.7. The van der Waals surface area contributed by atoms with Crippen LogP contribution in [0.15, 0.2) is 48.5 Å². The van der Waals surface area contributed by atoms with Gasteiger partial charge in [-0.05, 0) is 73.0 Å². The van der Waals surface area contributed by atoms with Crippen LogP contribution < -0.4 is 14.9 Å². The highest BCUT2D eigenvalue weighted by Gasteiger charge is 2.24. The molecule has 2 aromatic rings. The van der Waals surface area contributed by atoms with Gasteiger partial charge in [0, 0.05) is 13.2 Å². The van der Waals surface area contributed by atoms with Gasteiger partial charge in [-0.1, -0.05) is 39.8 Å². The number of hydrogen-bond acceptors (Lipinski definition) is 7. The van der Waals surface area contributed by atoms with E-state index in [0.29, 0.717) is 43.5 Å². The SMILES string of the molecule is CC(CC(C)(C)C)C(=O)OCCCCOc1ccc(C(=O)Oc2ccc(B3OCCCO3)cc2)cc1. The van der Waals surface area contributed by atoms with Crippen LogP contribution in [0, 0.1) is 11.3 Å². The van der Waals surface area contributed by atoms with E-state index in [9.17, 15) is 9.59 Å². The predicted octanol–water partition coefficient (Wildman–Crippen LogP) is 4.81. The lowest BCUT2D eigenvalue weighted by Gasteiger charge is -2.22. The van der Waals surface area contributed by atoms with E-state index >= 15 is 0 Å². The first-order chi connectivity index (χ1) is 17.2. The molecule has 1 heterocycles. The summed E-state index contributed by atoms with van der Waals surface area (Å²) in [4.78, 5) is 24.5. The molecular weight excluding hydrogens is 459 g/mol. The third kappa shape index (κ3) is 9.32. The van der Waals surface area contributed by atoms with E-state index in [1.807, 2.05) is 19.1 Å². The molecule has 0 N–H and O–H groups in total. The summed E-state index contributed by atoms with van der Waals surface area (Å²) >= 11 is 0. The highest BCUT2D eigenvalue weighted by atomic mass is 16.6. The third-order valence-corrected chi connectivity index (χ3v) is 5.65. The summed E-state index contributed by atoms with van der Waals surface area (Å²) in [5.74, 6) is 0.433. The van der Waals surface area contributed by atoms with Crippen LogP contribution in [0.2, 0.25) is 0 Å². The molecule has 194 valence electrons. The van der Waals surface area contributed by atoms with E-state index in [1.54, 1.807) is 36.4 Å². The molecule has 1 fully saturated rings. The van der Waals surface area contributed by atoms with Crippen LogP contribution in [0.3, 0.4) is 0 Å². The first kappa shape index (κ1) is 27.7. The van der Waals surface area contributed by atoms with Crippen molar-refractivity contribution in [2.45, 2.75) is 53.4 Å². The van der Waals surface area contributed by atoms with E-state index in [0.717, 1.165) is 31.1 Å². The average Bonchev–Trinajstić information content (AvgIpc) is 2.86. The summed E-state index contributed by atoms with van der Waals surface area (Å²) in [7, 11) is -0.367. The molecule has 1 aliphatic rings. The van der Waals surface area contributed by atoms with Gasteiger partial charge in [-0.25, -0.2) is 4.79 Å². The van der Waals surface area contributed by atoms with Crippen molar-refractivity contribution >= 4 is 24.5 Å². The Morgan fingerprint density at radius 1 is 0.917 bits per heavy atom. The number of rotatable bonds is 11. The standard InChI is InChI=1S/C28H37BO7/c1-21(20-28(2,3)4)26(30)33-17-6-5-16-32-24-12-8-22(9-13-24)27(31)36-25-14-10-23(11-15-25)29-34-18-7-19-35-29/h8-15,21H,5-7,16-20H2,1-4H3. The number of benzene rings is 2. The third-order valence-electron chi connectivity index (χ3n) is 5.65. The van der Waals surface area contributed by atoms with Gasteiger partial charge in [0.25, 0.3) is 0 Å². The average molecular weight is 496 g/mol. The zero-order valence-electron chi connectivity index (χ0n) is 21.8. The summed E-state index contributed by atoms with van der Waals surface area (Å²) in [5.41, 5.74) is 1.43. The molecule has 1 saturated heterocycles. The van der Waals surface area contributed by atoms with E-state index in [4.69, 9.17) is 23.5 Å². The maximum absolute atomic E-state index is 12.5. The highest BCUT2D eigenvalue weighted by Crippen LogP contribution is 2.25. The molecule has 0 aromatic heterocycles. The predicted molar refractivity (Wildman–Crippen MR) is 139 cm³/mol. The number of unbranched alkanes of at least 4 members (excludes halogenated alkanes) is 1. The van der Waals surface area contributed by atoms with Gasteiger partial charge in [-0.3, -0.25) is 4.79 Å². The Labute approximate surface area is 214 Å². The highest BCUT2D eigenvalue weighted by molar-refractivity contribution is 6.61. The molecule has 1 unspecified atom stereocenters. The molecule has 0 amide bonds. The lowest BCUT2D eigenvalue weighted by Crippen LogP contribution is -2.40. The van der Waals surface area contributed by atoms with Crippen molar-refractivity contribution in [2.75, 3.05) is 26.4 Å². The fourth-order valence-electron chi connectivity index (χ4n) is 3.94. The quantitative estimate of drug-likeness (QED) is 0.191. The van der Waals surface area contributed by atoms with Gasteiger partial charge in [-0.15, -0.1) is 0 Å². The second-order valence-electron chi connectivity index (χ2n) is 10.3. The van der Waals surface area contributed by atoms with Crippen LogP contribution in [0.5, 0.6) is 11.5 Å². The van der Waals surface area contributed by atoms with Crippen LogP contribution in [0.25, 0.3) is 0 Å². The van der Waals surface area contributed by atoms with Crippen LogP contribution in [0.4, 0.5) is 0 Å². The van der Waals surface area contributed by atoms with Gasteiger partial charge < -0.3 is 23.5 Å². The molecule has 0 radical (unpaired) electrons. The Balaban J connectivity index is 1.34. The molecule has 0 spiro atoms. The lowest BCUT2D eigenvalue weighted by molar-refractivity contribution is -0.149. The minimum atomic E-state index is -0.443. The second-order valence-corrected chi connectivity index (χ2v) is 10.3. The van der Waals surface area contributed by atoms with Crippen molar-refractivity contribution in [2.24, 2.45) is 11.3 Å². The Morgan fingerprint density at radius 3 is 2.17 bits per heavy atom. The maximum Gasteiger partial charge on any atom is 0.493 e. The molecule has 36 heavy (non-hydrogen) atoms. The molecule has 0 aliphatic carbocycles. The minimum absolute atomic E-state index is 0.100. The Bertz CT molecular complexity index is 961. The summed E-state index contributed by atoms with van der Waals surface area (Å²) in [6.45, 7) is 10.5. The van der Waals surface area contributed by atoms with E-state index in [-0.39, 0.29) is 24.4 Å². The first-order valence-corrected chi connectivity index (χ1v) is 12.7. The first-order valence-electron chi connectivity index (χ1n) is 12.7. The number of hydrogen-bond donors (Lipinski definition) is 0. The molecule has 3 rings (SSSR count). The van der Waals surface area contributed by atoms with E-state index < -0.39 is 5.97 Å². The van der Waals surface area contributed by atoms with E-state index in [1.165, 1.54) is 0 Å². The summed E-state index contributed by atoms with van der Waals surface area (Å²) in [6, 6.07) is 14.0. The van der Waals surface area contributed by atoms with Gasteiger partial charge in [0.05, 0.1) is 24.7 Å². The Hall–Kier alpha value is -2.84. The number of carbonyl (C=O) groups excluding carboxylic acids is 2. The lowest BCUT2D eigenvalue weighted by atomic mass is 9.78. The van der Waals surface area contributed by atoms with E-state index in [2.05, 4.69) is 20.8 Å². The molecule has 1 aliphatic heterocycles. The normalized spacial score (nSPS) is 14.7. The fraction of sp³-hybridized carbons (Fsp3) is 0.500. The van der Waals surface area contributed by atoms with Gasteiger partial charge in [-0.2, -0.15) is 0 Å². The fourth-order valence-corrected chi connectivity index (χ4v) is 3.94. The zero-order valence-corrected chi connectivity index (χ0v) is 21.8. The molecular formula is C28H37BO7. The van der Waals surface area contributed by atoms with Crippen molar-refractivity contribution in [1.82, 2.24) is 0 Å². The zero-order chi connectivity index (χ0) is 26.0. The smallest absolute Gasteiger partial charge is 0.493 e. The van der Waals surface area contributed by atoms with Crippen molar-refractivity contribution < 1.29 is 33.1 Å². The largest absolute Gasteiger partial charge is 0.494 e. The Morgan fingerprint density at radius 2 is 1.53 bits per heavy atom. The molecule has 8 heteroatoms. The van der Waals surface area contributed by atoms with Crippen molar-refractivity contribution in [3.63, 3.8) is 0 Å². The summed E-state index contributed by atoms with van der Waals surface area (Å²) in [5, 5.41) is 0. The van der Waals surface area contributed by atoms with Gasteiger partial charge in [0.2, 0.25) is 0 Å². The van der Waals surface area contributed by atoms with Crippen molar-refractivity contribution in [3.05, 3.63) is 54.1 Å². The van der Waals surface area contributed by atoms with Crippen molar-refractivity contribution in [1.29, 1.82) is 0 Å². The van der Waals surface area contributed by atoms with Gasteiger partial charge in [0.15, 0.2) is 0 Å². The molecule has 0 bridgehead atoms. The number of esters is 2. The number of ether oxygens (including phenoxy) is 3. The van der Waals surface area contributed by atoms with Gasteiger partial charge in [0.1, 0.15) is 11.5 Å². The number of carbonyl (C=O) groups is 2. The maximum atomic E-state index is 12.5. The van der Waals surface area contributed by atoms with Crippen molar-refractivity contribution in [3.8, 4) is 11.5 Å².